The largest absolute Gasteiger partial charge is 0.510 e. The van der Waals surface area contributed by atoms with Gasteiger partial charge in [-0.05, 0) is 72.9 Å². The van der Waals surface area contributed by atoms with Gasteiger partial charge in [0.2, 0.25) is 0 Å². The number of rotatable bonds is 10. The first-order chi connectivity index (χ1) is 38.5. The smallest absolute Gasteiger partial charge is 0.275 e. The van der Waals surface area contributed by atoms with Crippen molar-refractivity contribution in [3.8, 4) is 45.1 Å². The molecule has 7 heteroatoms. The monoisotopic (exact) mass is 1120 g/mol. The average Bonchev–Trinajstić information content (AvgIpc) is 4.08. The fourth-order valence-corrected chi connectivity index (χ4v) is 14.4. The zero-order valence-corrected chi connectivity index (χ0v) is 42.0. The molecule has 0 atom stereocenters. The summed E-state index contributed by atoms with van der Waals surface area (Å²) in [5.41, 5.74) is 4.65. The molecule has 0 saturated carbocycles. The van der Waals surface area contributed by atoms with Crippen LogP contribution in [0, 0.1) is 18.5 Å². The Morgan fingerprint density at radius 2 is 1.17 bits per heavy atom. The van der Waals surface area contributed by atoms with Gasteiger partial charge in [-0.1, -0.05) is 208 Å². The van der Waals surface area contributed by atoms with E-state index in [0.29, 0.717) is 28.2 Å². The van der Waals surface area contributed by atoms with Crippen LogP contribution in [-0.4, -0.2) is 22.0 Å². The van der Waals surface area contributed by atoms with E-state index in [1.54, 1.807) is 33.4 Å². The summed E-state index contributed by atoms with van der Waals surface area (Å²) >= 11 is 0. The quantitative estimate of drug-likeness (QED) is 0.0777. The van der Waals surface area contributed by atoms with Gasteiger partial charge in [0.05, 0.1) is 35.7 Å². The van der Waals surface area contributed by atoms with Crippen molar-refractivity contribution in [2.45, 2.75) is 26.2 Å². The predicted octanol–water partition coefficient (Wildman–Crippen LogP) is 12.7. The summed E-state index contributed by atoms with van der Waals surface area (Å²) in [6.07, 6.45) is 5.38. The predicted molar refractivity (Wildman–Crippen MR) is 288 cm³/mol. The summed E-state index contributed by atoms with van der Waals surface area (Å²) in [4.78, 5) is 5.30. The first-order valence-corrected chi connectivity index (χ1v) is 24.9. The molecule has 3 aromatic heterocycles. The van der Waals surface area contributed by atoms with Crippen LogP contribution in [0.4, 0.5) is 0 Å². The minimum atomic E-state index is -3.38. The first-order valence-electron chi connectivity index (χ1n) is 28.0. The minimum absolute atomic E-state index is 0. The molecule has 12 rings (SSSR count). The van der Waals surface area contributed by atoms with Crippen molar-refractivity contribution in [1.29, 1.82) is 0 Å². The molecule has 71 heavy (non-hydrogen) atoms. The number of nitrogens with zero attached hydrogens (tertiary/aromatic N) is 4. The van der Waals surface area contributed by atoms with E-state index in [4.69, 9.17) is 23.4 Å². The van der Waals surface area contributed by atoms with Crippen LogP contribution in [0.5, 0.6) is 11.5 Å². The van der Waals surface area contributed by atoms with Gasteiger partial charge in [0.15, 0.2) is 0 Å². The van der Waals surface area contributed by atoms with Crippen molar-refractivity contribution < 1.29 is 44.1 Å². The minimum Gasteiger partial charge on any atom is -0.510 e. The van der Waals surface area contributed by atoms with Crippen LogP contribution in [-0.2, 0) is 26.5 Å². The van der Waals surface area contributed by atoms with Gasteiger partial charge in [0, 0.05) is 44.3 Å². The summed E-state index contributed by atoms with van der Waals surface area (Å²) in [6.45, 7) is 6.66. The van der Waals surface area contributed by atoms with Crippen LogP contribution >= 0.6 is 0 Å². The van der Waals surface area contributed by atoms with Crippen LogP contribution in [0.2, 0.25) is 0 Å². The third kappa shape index (κ3) is 8.03. The zero-order valence-electron chi connectivity index (χ0n) is 48.8. The Hall–Kier alpha value is -7.89. The molecule has 0 radical (unpaired) electrons. The molecule has 0 aliphatic heterocycles. The molecule has 12 aromatic rings. The van der Waals surface area contributed by atoms with Crippen molar-refractivity contribution >= 4 is 56.8 Å². The zero-order chi connectivity index (χ0) is 55.9. The molecule has 0 aliphatic rings. The number of benzene rings is 9. The topological polar surface area (TPSA) is 35.9 Å². The molecule has 0 N–H and O–H groups in total. The van der Waals surface area contributed by atoms with Crippen LogP contribution in [0.15, 0.2) is 236 Å². The van der Waals surface area contributed by atoms with Crippen molar-refractivity contribution in [1.82, 2.24) is 13.8 Å². The second kappa shape index (κ2) is 18.8. The van der Waals surface area contributed by atoms with E-state index < -0.39 is 68.7 Å². The normalized spacial score (nSPS) is 13.7. The van der Waals surface area contributed by atoms with Gasteiger partial charge >= 0.3 is 0 Å². The summed E-state index contributed by atoms with van der Waals surface area (Å²) in [5.74, 6) is 0.787. The fourth-order valence-electron chi connectivity index (χ4n) is 9.68. The molecule has 0 spiro atoms. The molecule has 0 fully saturated rings. The van der Waals surface area contributed by atoms with Crippen molar-refractivity contribution in [2.75, 3.05) is 0 Å². The Kier molecular flexibility index (Phi) is 9.32. The summed E-state index contributed by atoms with van der Waals surface area (Å²) in [5, 5.41) is 5.29. The molecule has 0 amide bonds. The Labute approximate surface area is 444 Å². The van der Waals surface area contributed by atoms with E-state index in [1.165, 1.54) is 5.56 Å². The Bertz CT molecular complexity index is 4290. The maximum atomic E-state index is 9.09. The van der Waals surface area contributed by atoms with E-state index >= 15 is 0 Å². The van der Waals surface area contributed by atoms with E-state index in [9.17, 15) is 0 Å². The molecule has 5 nitrogen and oxygen atoms in total. The first kappa shape index (κ1) is 35.2. The number of aromatic nitrogens is 4. The number of ether oxygens (including phenoxy) is 1. The van der Waals surface area contributed by atoms with Crippen molar-refractivity contribution in [3.05, 3.63) is 261 Å². The van der Waals surface area contributed by atoms with Crippen LogP contribution in [0.3, 0.4) is 0 Å². The molecular formula is C64H48N4OPtSi-2. The molecule has 0 saturated heterocycles. The fraction of sp³-hybridized carbons (Fsp3) is 0.0625. The van der Waals surface area contributed by atoms with Gasteiger partial charge in [0.1, 0.15) is 0 Å². The molecule has 0 aliphatic carbocycles. The van der Waals surface area contributed by atoms with E-state index in [0.717, 1.165) is 37.5 Å². The summed E-state index contributed by atoms with van der Waals surface area (Å²) in [6, 6.07) is 57.6. The molecule has 0 unspecified atom stereocenters. The maximum absolute atomic E-state index is 9.09. The third-order valence-electron chi connectivity index (χ3n) is 12.8. The van der Waals surface area contributed by atoms with Gasteiger partial charge in [0.25, 0.3) is 14.6 Å². The SMILES string of the molecule is [2H]c1c([2H])c([2H])c(-c2cccc(-c3c([2H])c([2H])c([2H])c([2H])c3[2H])c2-[n+]2[c-]n(-c3[c-]c(Oc4[c-]c5c(cc4)c4ccccc4n5[Si](c4ccccc4)(c4ccccc4)c4cc(C(C)(C)C)ccn4)ccc3)c3ccccc32)c([2H])c1[2H].[Pt]. The molecule has 0 bridgehead atoms. The molecule has 346 valence electrons. The van der Waals surface area contributed by atoms with Gasteiger partial charge in [-0.15, -0.1) is 29.7 Å². The van der Waals surface area contributed by atoms with Crippen LogP contribution in [0.1, 0.15) is 40.0 Å². The Balaban J connectivity index is 0.00000690. The second-order valence-corrected chi connectivity index (χ2v) is 21.6. The van der Waals surface area contributed by atoms with Crippen LogP contribution < -0.4 is 25.0 Å². The van der Waals surface area contributed by atoms with Crippen molar-refractivity contribution in [3.63, 3.8) is 0 Å². The maximum Gasteiger partial charge on any atom is 0.275 e. The second-order valence-electron chi connectivity index (χ2n) is 18.0. The molecule has 3 heterocycles. The average molecular weight is 1120 g/mol. The number of imidazole rings is 1. The number of hydrogen-bond acceptors (Lipinski definition) is 2. The molecular weight excluding hydrogens is 1060 g/mol. The van der Waals surface area contributed by atoms with Gasteiger partial charge in [-0.25, -0.2) is 0 Å². The summed E-state index contributed by atoms with van der Waals surface area (Å²) < 4.78 is 100. The van der Waals surface area contributed by atoms with Crippen molar-refractivity contribution in [2.24, 2.45) is 0 Å². The number of hydrogen-bond donors (Lipinski definition) is 0. The van der Waals surface area contributed by atoms with Gasteiger partial charge < -0.3 is 13.5 Å². The number of para-hydroxylation sites is 4. The third-order valence-corrected chi connectivity index (χ3v) is 17.3. The Morgan fingerprint density at radius 1 is 0.577 bits per heavy atom. The number of pyridine rings is 1. The van der Waals surface area contributed by atoms with Crippen LogP contribution in [0.25, 0.3) is 66.5 Å². The Morgan fingerprint density at radius 3 is 1.83 bits per heavy atom. The summed E-state index contributed by atoms with van der Waals surface area (Å²) in [7, 11) is -3.38. The van der Waals surface area contributed by atoms with Gasteiger partial charge in [-0.3, -0.25) is 9.55 Å². The standard InChI is InChI=1S/C64H48N4OSi.Pt/c1-64(2,3)48-40-41-65-62(42-48)70(52-28-12-6-13-29-52,53-30-14-7-15-31-53)68-58-35-17-16-32-56(58)57-39-38-51(44-61(57)68)69-50-27-20-26-49(43-50)66-45-67(60-37-19-18-36-59(60)66)63-54(46-22-8-4-9-23-46)33-21-34-55(63)47-24-10-5-11-25-47;/h4-42H,1-3H3;/q-2;/i4D,5D,8D,9D,10D,11D,22D,23D,24D,25D;. The molecule has 9 aromatic carbocycles. The van der Waals surface area contributed by atoms with E-state index in [1.807, 2.05) is 60.8 Å². The van der Waals surface area contributed by atoms with Gasteiger partial charge in [-0.2, -0.15) is 18.2 Å². The number of fused-ring (bicyclic) bond motifs is 4. The van der Waals surface area contributed by atoms with E-state index in [2.05, 4.69) is 134 Å². The van der Waals surface area contributed by atoms with E-state index in [-0.39, 0.29) is 54.4 Å².